The fourth-order valence-electron chi connectivity index (χ4n) is 1.94. The molecule has 4 nitrogen and oxygen atoms in total. The second kappa shape index (κ2) is 9.05. The van der Waals surface area contributed by atoms with Gasteiger partial charge in [-0.15, -0.1) is 0 Å². The highest BCUT2D eigenvalue weighted by atomic mass is 28.4. The van der Waals surface area contributed by atoms with Gasteiger partial charge in [-0.1, -0.05) is 20.8 Å². The van der Waals surface area contributed by atoms with Crippen LogP contribution >= 0.6 is 0 Å². The first-order chi connectivity index (χ1) is 8.10. The van der Waals surface area contributed by atoms with Crippen molar-refractivity contribution in [3.8, 4) is 0 Å². The van der Waals surface area contributed by atoms with Gasteiger partial charge < -0.3 is 18.7 Å². The average molecular weight is 264 g/mol. The van der Waals surface area contributed by atoms with Gasteiger partial charge in [-0.2, -0.15) is 0 Å². The van der Waals surface area contributed by atoms with Gasteiger partial charge in [-0.25, -0.2) is 0 Å². The topological polar surface area (TPSA) is 47.9 Å². The fourth-order valence-corrected chi connectivity index (χ4v) is 5.23. The minimum absolute atomic E-state index is 0.109. The summed E-state index contributed by atoms with van der Waals surface area (Å²) in [6.07, 6.45) is 0.666. The Kier molecular flexibility index (Phi) is 9.08. The third-order valence-corrected chi connectivity index (χ3v) is 6.87. The molecule has 0 aliphatic heterocycles. The van der Waals surface area contributed by atoms with Gasteiger partial charge in [0, 0.05) is 13.2 Å². The zero-order valence-corrected chi connectivity index (χ0v) is 12.9. The molecule has 0 rings (SSSR count). The van der Waals surface area contributed by atoms with E-state index < -0.39 is 14.9 Å². The Morgan fingerprint density at radius 1 is 0.941 bits per heavy atom. The first-order valence-corrected chi connectivity index (χ1v) is 8.81. The van der Waals surface area contributed by atoms with Crippen molar-refractivity contribution in [1.82, 2.24) is 0 Å². The lowest BCUT2D eigenvalue weighted by molar-refractivity contribution is -0.127. The van der Waals surface area contributed by atoms with E-state index in [-0.39, 0.29) is 5.73 Å². The quantitative estimate of drug-likeness (QED) is 0.487. The number of aliphatic hydroxyl groups excluding tert-OH is 1. The number of hydrogen-bond acceptors (Lipinski definition) is 4. The highest BCUT2D eigenvalue weighted by Gasteiger charge is 2.45. The SMILES string of the molecule is CCO[Si](CC)(OCC)C(CC)OC(O)CC. The van der Waals surface area contributed by atoms with Crippen LogP contribution in [0.25, 0.3) is 0 Å². The lowest BCUT2D eigenvalue weighted by Crippen LogP contribution is -2.55. The molecule has 0 aliphatic rings. The molecule has 0 heterocycles. The number of rotatable bonds is 10. The molecule has 2 unspecified atom stereocenters. The Morgan fingerprint density at radius 3 is 1.76 bits per heavy atom. The predicted octanol–water partition coefficient (Wildman–Crippen LogP) is 2.58. The van der Waals surface area contributed by atoms with Crippen molar-refractivity contribution >= 4 is 8.56 Å². The van der Waals surface area contributed by atoms with Crippen LogP contribution in [-0.4, -0.2) is 38.9 Å². The molecule has 0 bridgehead atoms. The van der Waals surface area contributed by atoms with Crippen molar-refractivity contribution in [3.05, 3.63) is 0 Å². The lowest BCUT2D eigenvalue weighted by atomic mass is 10.4. The van der Waals surface area contributed by atoms with E-state index in [2.05, 4.69) is 6.92 Å². The van der Waals surface area contributed by atoms with E-state index in [0.29, 0.717) is 19.6 Å². The summed E-state index contributed by atoms with van der Waals surface area (Å²) in [5.41, 5.74) is -0.109. The Morgan fingerprint density at radius 2 is 1.47 bits per heavy atom. The second-order valence-electron chi connectivity index (χ2n) is 3.93. The molecule has 0 spiro atoms. The van der Waals surface area contributed by atoms with Crippen LogP contribution in [0.4, 0.5) is 0 Å². The normalized spacial score (nSPS) is 15.9. The highest BCUT2D eigenvalue weighted by molar-refractivity contribution is 6.68. The molecule has 104 valence electrons. The van der Waals surface area contributed by atoms with Gasteiger partial charge in [0.05, 0.1) is 0 Å². The summed E-state index contributed by atoms with van der Waals surface area (Å²) < 4.78 is 17.5. The van der Waals surface area contributed by atoms with Crippen LogP contribution in [0, 0.1) is 0 Å². The van der Waals surface area contributed by atoms with E-state index in [4.69, 9.17) is 13.6 Å². The minimum Gasteiger partial charge on any atom is -0.393 e. The van der Waals surface area contributed by atoms with Crippen LogP contribution in [0.15, 0.2) is 0 Å². The van der Waals surface area contributed by atoms with Gasteiger partial charge >= 0.3 is 8.56 Å². The van der Waals surface area contributed by atoms with Crippen molar-refractivity contribution in [2.45, 2.75) is 65.5 Å². The molecule has 0 amide bonds. The van der Waals surface area contributed by atoms with Gasteiger partial charge in [0.15, 0.2) is 6.29 Å². The predicted molar refractivity (Wildman–Crippen MR) is 70.9 cm³/mol. The Labute approximate surface area is 107 Å². The molecule has 5 heteroatoms. The standard InChI is InChI=1S/C12H28O4Si/c1-6-11(13)16-12(7-2)17(10-5,14-8-3)15-9-4/h11-13H,6-10H2,1-5H3. The molecule has 1 N–H and O–H groups in total. The van der Waals surface area contributed by atoms with E-state index >= 15 is 0 Å². The molecular formula is C12H28O4Si. The van der Waals surface area contributed by atoms with Crippen molar-refractivity contribution in [2.75, 3.05) is 13.2 Å². The molecule has 0 saturated carbocycles. The maximum Gasteiger partial charge on any atom is 0.367 e. The van der Waals surface area contributed by atoms with Gasteiger partial charge in [-0.05, 0) is 32.7 Å². The summed E-state index contributed by atoms with van der Waals surface area (Å²) in [6.45, 7) is 11.2. The smallest absolute Gasteiger partial charge is 0.367 e. The molecule has 0 radical (unpaired) electrons. The molecule has 0 aliphatic carbocycles. The first kappa shape index (κ1) is 17.1. The minimum atomic E-state index is -2.36. The summed E-state index contributed by atoms with van der Waals surface area (Å²) >= 11 is 0. The number of ether oxygens (including phenoxy) is 1. The van der Waals surface area contributed by atoms with Crippen LogP contribution in [0.2, 0.25) is 6.04 Å². The third-order valence-electron chi connectivity index (χ3n) is 2.80. The zero-order valence-electron chi connectivity index (χ0n) is 11.9. The average Bonchev–Trinajstić information content (AvgIpc) is 2.35. The van der Waals surface area contributed by atoms with Crippen LogP contribution in [0.1, 0.15) is 47.5 Å². The van der Waals surface area contributed by atoms with Gasteiger partial charge in [-0.3, -0.25) is 0 Å². The summed E-state index contributed by atoms with van der Waals surface area (Å²) in [5.74, 6) is 0. The molecule has 0 aromatic heterocycles. The summed E-state index contributed by atoms with van der Waals surface area (Å²) in [6, 6.07) is 0.837. The largest absolute Gasteiger partial charge is 0.393 e. The van der Waals surface area contributed by atoms with Crippen molar-refractivity contribution in [1.29, 1.82) is 0 Å². The lowest BCUT2D eigenvalue weighted by Gasteiger charge is -2.36. The molecule has 0 saturated heterocycles. The van der Waals surface area contributed by atoms with E-state index in [1.807, 2.05) is 27.7 Å². The van der Waals surface area contributed by atoms with Crippen LogP contribution < -0.4 is 0 Å². The maximum atomic E-state index is 9.64. The molecule has 17 heavy (non-hydrogen) atoms. The van der Waals surface area contributed by atoms with Crippen molar-refractivity contribution < 1.29 is 18.7 Å². The summed E-state index contributed by atoms with van der Waals surface area (Å²) in [7, 11) is -2.36. The number of hydrogen-bond donors (Lipinski definition) is 1. The van der Waals surface area contributed by atoms with E-state index in [0.717, 1.165) is 12.5 Å². The van der Waals surface area contributed by atoms with E-state index in [9.17, 15) is 5.11 Å². The molecule has 2 atom stereocenters. The van der Waals surface area contributed by atoms with E-state index in [1.165, 1.54) is 0 Å². The Bertz CT molecular complexity index is 183. The van der Waals surface area contributed by atoms with Crippen molar-refractivity contribution in [3.63, 3.8) is 0 Å². The molecule has 0 fully saturated rings. The Balaban J connectivity index is 4.80. The zero-order chi connectivity index (χ0) is 13.3. The van der Waals surface area contributed by atoms with Gasteiger partial charge in [0.1, 0.15) is 5.73 Å². The Hall–Kier alpha value is 0.0569. The molecular weight excluding hydrogens is 236 g/mol. The van der Waals surface area contributed by atoms with Crippen LogP contribution in [0.3, 0.4) is 0 Å². The maximum absolute atomic E-state index is 9.64. The molecule has 0 aromatic rings. The summed E-state index contributed by atoms with van der Waals surface area (Å²) in [5, 5.41) is 9.64. The molecule has 0 aromatic carbocycles. The van der Waals surface area contributed by atoms with Crippen LogP contribution in [-0.2, 0) is 13.6 Å². The number of aliphatic hydroxyl groups is 1. The van der Waals surface area contributed by atoms with Crippen LogP contribution in [0.5, 0.6) is 0 Å². The highest BCUT2D eigenvalue weighted by Crippen LogP contribution is 2.24. The summed E-state index contributed by atoms with van der Waals surface area (Å²) in [4.78, 5) is 0. The monoisotopic (exact) mass is 264 g/mol. The second-order valence-corrected chi connectivity index (χ2v) is 7.48. The van der Waals surface area contributed by atoms with Gasteiger partial charge in [0.25, 0.3) is 0 Å². The van der Waals surface area contributed by atoms with E-state index in [1.54, 1.807) is 0 Å². The van der Waals surface area contributed by atoms with Crippen molar-refractivity contribution in [2.24, 2.45) is 0 Å². The third kappa shape index (κ3) is 5.05. The first-order valence-electron chi connectivity index (χ1n) is 6.71. The fraction of sp³-hybridized carbons (Fsp3) is 1.00. The van der Waals surface area contributed by atoms with Gasteiger partial charge in [0.2, 0.25) is 0 Å².